The molecule has 11 heteroatoms. The predicted molar refractivity (Wildman–Crippen MR) is 171 cm³/mol. The number of nitrogens with one attached hydrogen (secondary N) is 2. The minimum absolute atomic E-state index is 0.0120. The summed E-state index contributed by atoms with van der Waals surface area (Å²) < 4.78 is 41.6. The van der Waals surface area contributed by atoms with E-state index in [1.54, 1.807) is 24.6 Å². The minimum atomic E-state index is -4.48. The minimum Gasteiger partial charge on any atom is -0.390 e. The predicted octanol–water partition coefficient (Wildman–Crippen LogP) is 5.94. The molecule has 2 amide bonds. The van der Waals surface area contributed by atoms with Crippen LogP contribution in [0.1, 0.15) is 97.5 Å². The fraction of sp³-hybridized carbons (Fsp3) is 0.514. The molecule has 1 aromatic heterocycles. The average Bonchev–Trinajstić information content (AvgIpc) is 3.48. The van der Waals surface area contributed by atoms with Gasteiger partial charge in [0.2, 0.25) is 0 Å². The van der Waals surface area contributed by atoms with Crippen LogP contribution >= 0.6 is 0 Å². The van der Waals surface area contributed by atoms with E-state index in [2.05, 4.69) is 22.7 Å². The molecule has 1 fully saturated rings. The van der Waals surface area contributed by atoms with Crippen molar-refractivity contribution in [2.24, 2.45) is 0 Å². The number of aliphatic hydroxyl groups is 1. The summed E-state index contributed by atoms with van der Waals surface area (Å²) in [6.45, 7) is 8.53. The standard InChI is InChI=1S/C35H46F3N5O3/c1-5-13-27-18-10-11-19-42(27)33(46)30-22-29(41-43(30)6-2)32(45)40-28(20-24-14-8-7-9-15-24)31(44)23-39-34(3,4)25-16-12-17-26(21-25)35(36,37)38/h7-9,12,14-17,21-22,27-28,31,39,44H,5-6,10-11,13,18-20,23H2,1-4H3,(H,40,45)/t27?,28-,31-/m0/s1. The Labute approximate surface area is 269 Å². The molecule has 8 nitrogen and oxygen atoms in total. The fourth-order valence-electron chi connectivity index (χ4n) is 6.07. The van der Waals surface area contributed by atoms with Crippen LogP contribution in [-0.4, -0.2) is 62.9 Å². The number of amides is 2. The quantitative estimate of drug-likeness (QED) is 0.215. The summed E-state index contributed by atoms with van der Waals surface area (Å²) in [5.74, 6) is -0.657. The van der Waals surface area contributed by atoms with E-state index in [9.17, 15) is 27.9 Å². The Morgan fingerprint density at radius 1 is 1.02 bits per heavy atom. The topological polar surface area (TPSA) is 99.5 Å². The number of hydrogen-bond acceptors (Lipinski definition) is 5. The lowest BCUT2D eigenvalue weighted by Gasteiger charge is -2.35. The molecule has 3 aromatic rings. The monoisotopic (exact) mass is 641 g/mol. The van der Waals surface area contributed by atoms with Gasteiger partial charge in [-0.05, 0) is 76.1 Å². The number of hydrogen-bond donors (Lipinski definition) is 3. The first-order chi connectivity index (χ1) is 21.8. The van der Waals surface area contributed by atoms with Crippen molar-refractivity contribution in [1.82, 2.24) is 25.3 Å². The van der Waals surface area contributed by atoms with Crippen LogP contribution in [0.3, 0.4) is 0 Å². The van der Waals surface area contributed by atoms with Crippen molar-refractivity contribution < 1.29 is 27.9 Å². The van der Waals surface area contributed by atoms with Gasteiger partial charge in [0.15, 0.2) is 5.69 Å². The smallest absolute Gasteiger partial charge is 0.390 e. The van der Waals surface area contributed by atoms with Crippen LogP contribution in [0.15, 0.2) is 60.7 Å². The molecule has 3 N–H and O–H groups in total. The van der Waals surface area contributed by atoms with Crippen molar-refractivity contribution in [1.29, 1.82) is 0 Å². The van der Waals surface area contributed by atoms with Crippen molar-refractivity contribution in [3.8, 4) is 0 Å². The Morgan fingerprint density at radius 2 is 1.74 bits per heavy atom. The van der Waals surface area contributed by atoms with E-state index in [0.29, 0.717) is 30.8 Å². The molecule has 250 valence electrons. The van der Waals surface area contributed by atoms with Crippen LogP contribution in [0.4, 0.5) is 13.2 Å². The second kappa shape index (κ2) is 15.3. The zero-order chi connectivity index (χ0) is 33.5. The van der Waals surface area contributed by atoms with Crippen LogP contribution in [-0.2, 0) is 24.7 Å². The molecule has 3 atom stereocenters. The summed E-state index contributed by atoms with van der Waals surface area (Å²) >= 11 is 0. The van der Waals surface area contributed by atoms with Crippen LogP contribution in [0.25, 0.3) is 0 Å². The maximum Gasteiger partial charge on any atom is 0.416 e. The Balaban J connectivity index is 1.52. The number of halogens is 3. The summed E-state index contributed by atoms with van der Waals surface area (Å²) in [4.78, 5) is 29.2. The molecule has 2 heterocycles. The normalized spacial score (nSPS) is 17.0. The molecular formula is C35H46F3N5O3. The van der Waals surface area contributed by atoms with E-state index in [-0.39, 0.29) is 24.2 Å². The lowest BCUT2D eigenvalue weighted by Crippen LogP contribution is -2.51. The second-order valence-corrected chi connectivity index (χ2v) is 12.6. The van der Waals surface area contributed by atoms with E-state index in [1.165, 1.54) is 12.1 Å². The van der Waals surface area contributed by atoms with E-state index < -0.39 is 35.3 Å². The SMILES string of the molecule is CCCC1CCCCN1C(=O)c1cc(C(=O)N[C@@H](Cc2ccccc2)[C@@H](O)CNC(C)(C)c2cccc(C(F)(F)F)c2)nn1CC. The fourth-order valence-corrected chi connectivity index (χ4v) is 6.07. The van der Waals surface area contributed by atoms with Crippen LogP contribution in [0, 0.1) is 0 Å². The van der Waals surface area contributed by atoms with Crippen LogP contribution in [0.5, 0.6) is 0 Å². The van der Waals surface area contributed by atoms with Gasteiger partial charge in [0.05, 0.1) is 17.7 Å². The zero-order valence-electron chi connectivity index (χ0n) is 27.1. The third-order valence-corrected chi connectivity index (χ3v) is 8.79. The van der Waals surface area contributed by atoms with Crippen LogP contribution < -0.4 is 10.6 Å². The summed E-state index contributed by atoms with van der Waals surface area (Å²) in [5, 5.41) is 21.9. The highest BCUT2D eigenvalue weighted by molar-refractivity contribution is 5.98. The largest absolute Gasteiger partial charge is 0.416 e. The molecule has 0 aliphatic carbocycles. The van der Waals surface area contributed by atoms with E-state index in [0.717, 1.165) is 49.8 Å². The highest BCUT2D eigenvalue weighted by Gasteiger charge is 2.34. The molecule has 0 saturated carbocycles. The maximum atomic E-state index is 13.7. The number of carbonyl (C=O) groups is 2. The Bertz CT molecular complexity index is 1460. The van der Waals surface area contributed by atoms with Gasteiger partial charge in [-0.15, -0.1) is 0 Å². The number of rotatable bonds is 13. The van der Waals surface area contributed by atoms with Crippen molar-refractivity contribution in [2.45, 2.75) is 103 Å². The highest BCUT2D eigenvalue weighted by atomic mass is 19.4. The van der Waals surface area contributed by atoms with E-state index >= 15 is 0 Å². The van der Waals surface area contributed by atoms with Gasteiger partial charge >= 0.3 is 6.18 Å². The maximum absolute atomic E-state index is 13.7. The van der Waals surface area contributed by atoms with Gasteiger partial charge in [0.1, 0.15) is 5.69 Å². The first-order valence-corrected chi connectivity index (χ1v) is 16.2. The number of nitrogens with zero attached hydrogens (tertiary/aromatic N) is 3. The number of carbonyl (C=O) groups excluding carboxylic acids is 2. The molecule has 0 radical (unpaired) electrons. The van der Waals surface area contributed by atoms with Crippen LogP contribution in [0.2, 0.25) is 0 Å². The number of aliphatic hydroxyl groups excluding tert-OH is 1. The first-order valence-electron chi connectivity index (χ1n) is 16.2. The molecule has 46 heavy (non-hydrogen) atoms. The average molecular weight is 642 g/mol. The van der Waals surface area contributed by atoms with Gasteiger partial charge in [-0.25, -0.2) is 0 Å². The number of benzene rings is 2. The van der Waals surface area contributed by atoms with Gasteiger partial charge in [-0.3, -0.25) is 14.3 Å². The third kappa shape index (κ3) is 8.76. The molecule has 1 aliphatic rings. The molecule has 2 aromatic carbocycles. The van der Waals surface area contributed by atoms with Gasteiger partial charge in [0.25, 0.3) is 11.8 Å². The summed E-state index contributed by atoms with van der Waals surface area (Å²) in [5.41, 5.74) is 0.0709. The Morgan fingerprint density at radius 3 is 2.41 bits per heavy atom. The van der Waals surface area contributed by atoms with Gasteiger partial charge < -0.3 is 20.6 Å². The number of aromatic nitrogens is 2. The molecule has 4 rings (SSSR count). The molecule has 1 aliphatic heterocycles. The number of likely N-dealkylation sites (tertiary alicyclic amines) is 1. The van der Waals surface area contributed by atoms with Gasteiger partial charge in [0, 0.05) is 37.3 Å². The zero-order valence-corrected chi connectivity index (χ0v) is 27.1. The van der Waals surface area contributed by atoms with Gasteiger partial charge in [-0.1, -0.05) is 55.8 Å². The van der Waals surface area contributed by atoms with Gasteiger partial charge in [-0.2, -0.15) is 18.3 Å². The highest BCUT2D eigenvalue weighted by Crippen LogP contribution is 2.32. The number of piperidine rings is 1. The molecular weight excluding hydrogens is 595 g/mol. The van der Waals surface area contributed by atoms with Crippen molar-refractivity contribution >= 4 is 11.8 Å². The number of alkyl halides is 3. The lowest BCUT2D eigenvalue weighted by molar-refractivity contribution is -0.137. The van der Waals surface area contributed by atoms with Crippen molar-refractivity contribution in [3.05, 3.63) is 88.7 Å². The lowest BCUT2D eigenvalue weighted by atomic mass is 9.92. The van der Waals surface area contributed by atoms with E-state index in [1.807, 2.05) is 42.2 Å². The second-order valence-electron chi connectivity index (χ2n) is 12.6. The molecule has 1 saturated heterocycles. The molecule has 0 spiro atoms. The first kappa shape index (κ1) is 35.2. The molecule has 0 bridgehead atoms. The number of aryl methyl sites for hydroxylation is 1. The third-order valence-electron chi connectivity index (χ3n) is 8.79. The van der Waals surface area contributed by atoms with Crippen molar-refractivity contribution in [2.75, 3.05) is 13.1 Å². The summed E-state index contributed by atoms with van der Waals surface area (Å²) in [6, 6.07) is 15.4. The Kier molecular flexibility index (Phi) is 11.7. The molecule has 1 unspecified atom stereocenters. The van der Waals surface area contributed by atoms with Crippen molar-refractivity contribution in [3.63, 3.8) is 0 Å². The Hall–Kier alpha value is -3.70. The summed E-state index contributed by atoms with van der Waals surface area (Å²) in [6.07, 6.45) is -0.382. The van der Waals surface area contributed by atoms with E-state index in [4.69, 9.17) is 0 Å². The summed E-state index contributed by atoms with van der Waals surface area (Å²) in [7, 11) is 0.